The van der Waals surface area contributed by atoms with E-state index in [1.807, 2.05) is 12.1 Å². The monoisotopic (exact) mass is 293 g/mol. The Balaban J connectivity index is 1.70. The molecule has 2 aliphatic rings. The zero-order valence-corrected chi connectivity index (χ0v) is 11.3. The van der Waals surface area contributed by atoms with Gasteiger partial charge in [-0.1, -0.05) is 6.42 Å². The normalized spacial score (nSPS) is 30.8. The van der Waals surface area contributed by atoms with E-state index in [0.29, 0.717) is 18.0 Å². The Labute approximate surface area is 110 Å². The van der Waals surface area contributed by atoms with Gasteiger partial charge in [0.05, 0.1) is 0 Å². The van der Waals surface area contributed by atoms with Gasteiger partial charge in [0.1, 0.15) is 5.69 Å². The van der Waals surface area contributed by atoms with Crippen molar-refractivity contribution in [1.29, 1.82) is 0 Å². The highest BCUT2D eigenvalue weighted by atomic mass is 79.9. The zero-order chi connectivity index (χ0) is 11.8. The lowest BCUT2D eigenvalue weighted by molar-refractivity contribution is 0.0938. The number of ketones is 1. The number of hydrogen-bond acceptors (Lipinski definition) is 2. The largest absolute Gasteiger partial charge is 0.292 e. The summed E-state index contributed by atoms with van der Waals surface area (Å²) < 4.78 is 0.827. The number of hydrogen-bond donors (Lipinski definition) is 0. The maximum absolute atomic E-state index is 12.2. The minimum atomic E-state index is 0.204. The summed E-state index contributed by atoms with van der Waals surface area (Å²) in [4.78, 5) is 16.4. The fourth-order valence-electron chi connectivity index (χ4n) is 3.55. The van der Waals surface area contributed by atoms with Crippen LogP contribution in [0.15, 0.2) is 22.8 Å². The Kier molecular flexibility index (Phi) is 3.03. The van der Waals surface area contributed by atoms with E-state index in [2.05, 4.69) is 20.9 Å². The molecule has 2 fully saturated rings. The molecule has 90 valence electrons. The third-order valence-corrected chi connectivity index (χ3v) is 4.99. The van der Waals surface area contributed by atoms with Crippen LogP contribution in [0.4, 0.5) is 0 Å². The maximum atomic E-state index is 12.2. The summed E-state index contributed by atoms with van der Waals surface area (Å²) in [5.41, 5.74) is 0.607. The van der Waals surface area contributed by atoms with Crippen molar-refractivity contribution in [1.82, 2.24) is 4.98 Å². The first kappa shape index (κ1) is 11.4. The standard InChI is InChI=1S/C14H16BrNO/c15-12-2-1-5-16-14(12)13(17)8-11-7-9-3-4-10(11)6-9/h1-2,5,9-11H,3-4,6-8H2. The molecule has 1 heterocycles. The van der Waals surface area contributed by atoms with Gasteiger partial charge in [-0.2, -0.15) is 0 Å². The van der Waals surface area contributed by atoms with Crippen molar-refractivity contribution in [2.75, 3.05) is 0 Å². The highest BCUT2D eigenvalue weighted by Gasteiger charge is 2.40. The van der Waals surface area contributed by atoms with Crippen molar-refractivity contribution in [3.63, 3.8) is 0 Å². The van der Waals surface area contributed by atoms with Crippen molar-refractivity contribution in [3.05, 3.63) is 28.5 Å². The second-order valence-electron chi connectivity index (χ2n) is 5.40. The second kappa shape index (κ2) is 4.52. The Hall–Kier alpha value is -0.700. The van der Waals surface area contributed by atoms with E-state index in [4.69, 9.17) is 0 Å². The van der Waals surface area contributed by atoms with Gasteiger partial charge >= 0.3 is 0 Å². The first-order chi connectivity index (χ1) is 8.24. The van der Waals surface area contributed by atoms with Gasteiger partial charge in [0.25, 0.3) is 0 Å². The van der Waals surface area contributed by atoms with Crippen molar-refractivity contribution >= 4 is 21.7 Å². The molecule has 0 radical (unpaired) electrons. The minimum absolute atomic E-state index is 0.204. The maximum Gasteiger partial charge on any atom is 0.182 e. The lowest BCUT2D eigenvalue weighted by atomic mass is 9.85. The first-order valence-electron chi connectivity index (χ1n) is 6.37. The lowest BCUT2D eigenvalue weighted by Gasteiger charge is -2.20. The summed E-state index contributed by atoms with van der Waals surface area (Å²) in [5.74, 6) is 2.54. The van der Waals surface area contributed by atoms with Gasteiger partial charge in [-0.15, -0.1) is 0 Å². The molecular weight excluding hydrogens is 278 g/mol. The molecule has 1 aromatic rings. The van der Waals surface area contributed by atoms with Crippen LogP contribution < -0.4 is 0 Å². The number of rotatable bonds is 3. The van der Waals surface area contributed by atoms with Crippen LogP contribution in [0.5, 0.6) is 0 Å². The highest BCUT2D eigenvalue weighted by Crippen LogP contribution is 2.49. The van der Waals surface area contributed by atoms with E-state index < -0.39 is 0 Å². The van der Waals surface area contributed by atoms with Crippen molar-refractivity contribution in [2.24, 2.45) is 17.8 Å². The van der Waals surface area contributed by atoms with Crippen LogP contribution in [0.1, 0.15) is 42.6 Å². The predicted octanol–water partition coefficient (Wildman–Crippen LogP) is 3.85. The summed E-state index contributed by atoms with van der Waals surface area (Å²) in [6.07, 6.45) is 7.74. The molecule has 2 bridgehead atoms. The number of nitrogens with zero attached hydrogens (tertiary/aromatic N) is 1. The van der Waals surface area contributed by atoms with Crippen LogP contribution in [0.2, 0.25) is 0 Å². The molecule has 3 rings (SSSR count). The molecule has 0 aliphatic heterocycles. The molecular formula is C14H16BrNO. The fraction of sp³-hybridized carbons (Fsp3) is 0.571. The average Bonchev–Trinajstić information content (AvgIpc) is 2.91. The van der Waals surface area contributed by atoms with Gasteiger partial charge in [-0.3, -0.25) is 9.78 Å². The molecule has 1 aromatic heterocycles. The second-order valence-corrected chi connectivity index (χ2v) is 6.25. The topological polar surface area (TPSA) is 30.0 Å². The highest BCUT2D eigenvalue weighted by molar-refractivity contribution is 9.10. The summed E-state index contributed by atoms with van der Waals surface area (Å²) in [7, 11) is 0. The molecule has 2 nitrogen and oxygen atoms in total. The van der Waals surface area contributed by atoms with Crippen LogP contribution in [-0.4, -0.2) is 10.8 Å². The Morgan fingerprint density at radius 2 is 2.29 bits per heavy atom. The summed E-state index contributed by atoms with van der Waals surface area (Å²) in [5, 5.41) is 0. The SMILES string of the molecule is O=C(CC1CC2CCC1C2)c1ncccc1Br. The van der Waals surface area contributed by atoms with Gasteiger partial charge in [0.2, 0.25) is 0 Å². The number of aromatic nitrogens is 1. The zero-order valence-electron chi connectivity index (χ0n) is 9.73. The molecule has 2 saturated carbocycles. The van der Waals surface area contributed by atoms with Gasteiger partial charge < -0.3 is 0 Å². The number of pyridine rings is 1. The average molecular weight is 294 g/mol. The van der Waals surface area contributed by atoms with Gasteiger partial charge in [0, 0.05) is 17.1 Å². The summed E-state index contributed by atoms with van der Waals surface area (Å²) in [6.45, 7) is 0. The van der Waals surface area contributed by atoms with Crippen molar-refractivity contribution in [3.8, 4) is 0 Å². The lowest BCUT2D eigenvalue weighted by Crippen LogP contribution is -2.16. The smallest absolute Gasteiger partial charge is 0.182 e. The van der Waals surface area contributed by atoms with E-state index >= 15 is 0 Å². The minimum Gasteiger partial charge on any atom is -0.292 e. The third-order valence-electron chi connectivity index (χ3n) is 4.35. The Morgan fingerprint density at radius 1 is 1.41 bits per heavy atom. The van der Waals surface area contributed by atoms with Gasteiger partial charge in [-0.05, 0) is 65.1 Å². The number of fused-ring (bicyclic) bond motifs is 2. The molecule has 0 aromatic carbocycles. The quantitative estimate of drug-likeness (QED) is 0.792. The molecule has 0 amide bonds. The number of carbonyl (C=O) groups is 1. The third kappa shape index (κ3) is 2.17. The van der Waals surface area contributed by atoms with Crippen LogP contribution in [-0.2, 0) is 0 Å². The van der Waals surface area contributed by atoms with E-state index in [0.717, 1.165) is 16.3 Å². The molecule has 0 spiro atoms. The van der Waals surface area contributed by atoms with Crippen molar-refractivity contribution in [2.45, 2.75) is 32.1 Å². The molecule has 17 heavy (non-hydrogen) atoms. The van der Waals surface area contributed by atoms with E-state index in [1.165, 1.54) is 25.7 Å². The molecule has 0 N–H and O–H groups in total. The molecule has 0 saturated heterocycles. The molecule has 2 aliphatic carbocycles. The first-order valence-corrected chi connectivity index (χ1v) is 7.17. The Morgan fingerprint density at radius 3 is 2.94 bits per heavy atom. The number of halogens is 1. The van der Waals surface area contributed by atoms with E-state index in [-0.39, 0.29) is 5.78 Å². The van der Waals surface area contributed by atoms with Gasteiger partial charge in [0.15, 0.2) is 5.78 Å². The van der Waals surface area contributed by atoms with Crippen LogP contribution in [0.25, 0.3) is 0 Å². The van der Waals surface area contributed by atoms with Crippen LogP contribution in [0.3, 0.4) is 0 Å². The number of carbonyl (C=O) groups excluding carboxylic acids is 1. The van der Waals surface area contributed by atoms with Crippen molar-refractivity contribution < 1.29 is 4.79 Å². The molecule has 3 atom stereocenters. The summed E-state index contributed by atoms with van der Waals surface area (Å²) >= 11 is 3.40. The Bertz CT molecular complexity index is 446. The van der Waals surface area contributed by atoms with Gasteiger partial charge in [-0.25, -0.2) is 0 Å². The predicted molar refractivity (Wildman–Crippen MR) is 69.8 cm³/mol. The van der Waals surface area contributed by atoms with E-state index in [9.17, 15) is 4.79 Å². The van der Waals surface area contributed by atoms with E-state index in [1.54, 1.807) is 6.20 Å². The van der Waals surface area contributed by atoms with Crippen LogP contribution in [0, 0.1) is 17.8 Å². The summed E-state index contributed by atoms with van der Waals surface area (Å²) in [6, 6.07) is 3.74. The molecule has 3 heteroatoms. The number of Topliss-reactive ketones (excluding diaryl/α,β-unsaturated/α-hetero) is 1. The fourth-order valence-corrected chi connectivity index (χ4v) is 4.03. The molecule has 3 unspecified atom stereocenters. The van der Waals surface area contributed by atoms with Crippen LogP contribution >= 0.6 is 15.9 Å².